The summed E-state index contributed by atoms with van der Waals surface area (Å²) in [7, 11) is 16.5. The van der Waals surface area contributed by atoms with Gasteiger partial charge in [-0.15, -0.1) is 0 Å². The van der Waals surface area contributed by atoms with Crippen molar-refractivity contribution in [3.63, 3.8) is 0 Å². The normalized spacial score (nSPS) is 22.0. The second-order valence-electron chi connectivity index (χ2n) is 10.1. The summed E-state index contributed by atoms with van der Waals surface area (Å²) in [5, 5.41) is 0. The molecule has 0 amide bonds. The molecule has 2 aliphatic carbocycles. The number of fused-ring (bicyclic) bond motifs is 2. The molecular weight excluding hydrogens is 590 g/mol. The monoisotopic (exact) mass is 623 g/mol. The Labute approximate surface area is 191 Å². The van der Waals surface area contributed by atoms with Crippen molar-refractivity contribution >= 4 is 35.3 Å². The minimum atomic E-state index is -4.63. The average Bonchev–Trinajstić information content (AvgIpc) is 3.28. The van der Waals surface area contributed by atoms with Crippen molar-refractivity contribution in [2.24, 2.45) is 11.8 Å². The molecule has 0 bridgehead atoms. The molecule has 2 aliphatic rings. The molecule has 2 atom stereocenters. The van der Waals surface area contributed by atoms with Crippen LogP contribution in [0.25, 0.3) is 12.2 Å². The summed E-state index contributed by atoms with van der Waals surface area (Å²) in [5.41, 5.74) is 8.35. The molecule has 0 nitrogen and oxygen atoms in total. The summed E-state index contributed by atoms with van der Waals surface area (Å²) in [5.74, 6) is -0.557. The summed E-state index contributed by atoms with van der Waals surface area (Å²) >= 11 is -4.63. The van der Waals surface area contributed by atoms with E-state index >= 15 is 0 Å². The van der Waals surface area contributed by atoms with Crippen molar-refractivity contribution in [3.05, 3.63) is 81.9 Å². The molecule has 0 spiro atoms. The van der Waals surface area contributed by atoms with Crippen molar-refractivity contribution in [1.82, 2.24) is 0 Å². The Hall–Kier alpha value is -0.413. The Morgan fingerprint density at radius 3 is 1.40 bits per heavy atom. The molecule has 30 heavy (non-hydrogen) atoms. The zero-order valence-electron chi connectivity index (χ0n) is 18.9. The van der Waals surface area contributed by atoms with Crippen LogP contribution in [0.3, 0.4) is 0 Å². The van der Waals surface area contributed by atoms with Gasteiger partial charge in [0.2, 0.25) is 0 Å². The summed E-state index contributed by atoms with van der Waals surface area (Å²) in [6.45, 7) is 14.1. The number of hydrogen-bond acceptors (Lipinski definition) is 0. The molecule has 0 heterocycles. The fraction of sp³-hybridized carbons (Fsp3) is 0.385. The van der Waals surface area contributed by atoms with Crippen LogP contribution in [-0.2, 0) is 15.3 Å². The van der Waals surface area contributed by atoms with Gasteiger partial charge in [0.25, 0.3) is 0 Å². The van der Waals surface area contributed by atoms with Gasteiger partial charge < -0.3 is 0 Å². The summed E-state index contributed by atoms with van der Waals surface area (Å²) in [6.07, 6.45) is 4.81. The summed E-state index contributed by atoms with van der Waals surface area (Å²) in [6, 6.07) is 17.7. The van der Waals surface area contributed by atoms with E-state index in [-0.39, 0.29) is 7.35 Å². The minimum absolute atomic E-state index is 0.214. The zero-order chi connectivity index (χ0) is 21.9. The SMILES string of the molecule is CC(C)C1=Cc2ccccc2[CH]1[Hf]([Cl])([Cl])([CH]1C(C(C)C)=Cc2ccccc21)[SiH](C)C. The Bertz CT molecular complexity index is 971. The van der Waals surface area contributed by atoms with Crippen LogP contribution in [-0.4, -0.2) is 5.98 Å². The maximum atomic E-state index is 8.24. The van der Waals surface area contributed by atoms with Crippen LogP contribution in [0.5, 0.6) is 0 Å². The van der Waals surface area contributed by atoms with Crippen molar-refractivity contribution < 1.29 is 15.3 Å². The molecule has 159 valence electrons. The van der Waals surface area contributed by atoms with E-state index in [4.69, 9.17) is 17.2 Å². The molecule has 0 N–H and O–H groups in total. The van der Waals surface area contributed by atoms with E-state index in [1.807, 2.05) is 0 Å². The predicted molar refractivity (Wildman–Crippen MR) is 135 cm³/mol. The van der Waals surface area contributed by atoms with E-state index in [1.165, 1.54) is 33.4 Å². The Morgan fingerprint density at radius 2 is 1.07 bits per heavy atom. The summed E-state index contributed by atoms with van der Waals surface area (Å²) < 4.78 is 0.429. The van der Waals surface area contributed by atoms with Crippen LogP contribution < -0.4 is 0 Å². The molecule has 0 aliphatic heterocycles. The Kier molecular flexibility index (Phi) is 5.97. The first kappa shape index (κ1) is 22.8. The third-order valence-corrected chi connectivity index (χ3v) is 80.0. The van der Waals surface area contributed by atoms with Gasteiger partial charge in [0.1, 0.15) is 0 Å². The molecule has 2 aromatic carbocycles. The molecule has 4 rings (SSSR count). The second kappa shape index (κ2) is 7.87. The van der Waals surface area contributed by atoms with Gasteiger partial charge in [-0.1, -0.05) is 0 Å². The van der Waals surface area contributed by atoms with Gasteiger partial charge in [-0.2, -0.15) is 0 Å². The van der Waals surface area contributed by atoms with Gasteiger partial charge in [0.05, 0.1) is 0 Å². The van der Waals surface area contributed by atoms with Gasteiger partial charge in [-0.25, -0.2) is 0 Å². The van der Waals surface area contributed by atoms with E-state index in [0.717, 1.165) is 0 Å². The van der Waals surface area contributed by atoms with Crippen LogP contribution in [0.1, 0.15) is 57.3 Å². The first-order valence-corrected chi connectivity index (χ1v) is 33.4. The Balaban J connectivity index is 2.03. The molecule has 0 aromatic heterocycles. The van der Waals surface area contributed by atoms with Gasteiger partial charge in [-0.3, -0.25) is 0 Å². The molecule has 2 unspecified atom stereocenters. The van der Waals surface area contributed by atoms with Crippen LogP contribution in [0.4, 0.5) is 0 Å². The van der Waals surface area contributed by atoms with Gasteiger partial charge in [0, 0.05) is 0 Å². The number of benzene rings is 2. The Morgan fingerprint density at radius 1 is 0.700 bits per heavy atom. The summed E-state index contributed by atoms with van der Waals surface area (Å²) in [4.78, 5) is 0. The zero-order valence-corrected chi connectivity index (χ0v) is 25.2. The van der Waals surface area contributed by atoms with Gasteiger partial charge >= 0.3 is 192 Å². The number of allylic oxidation sites excluding steroid dienone is 2. The molecule has 4 heteroatoms. The number of halogens is 2. The number of hydrogen-bond donors (Lipinski definition) is 0. The second-order valence-corrected chi connectivity index (χ2v) is 69.4. The first-order chi connectivity index (χ1) is 14.1. The van der Waals surface area contributed by atoms with Crippen molar-refractivity contribution in [2.75, 3.05) is 0 Å². The van der Waals surface area contributed by atoms with E-state index in [2.05, 4.69) is 101 Å². The predicted octanol–water partition coefficient (Wildman–Crippen LogP) is 8.56. The fourth-order valence-corrected chi connectivity index (χ4v) is 50.5. The maximum absolute atomic E-state index is 8.24. The standard InChI is InChI=1S/2C12H13.C2H7Si.2ClH.Hf/c2*1-9(2)12-7-10-5-3-4-6-11(10)8-12;1-3-2;;;/h2*3-9H,1-2H3;3H,1-2H3;2*1H;/q;;;;;+2/p-2. The van der Waals surface area contributed by atoms with Gasteiger partial charge in [0.15, 0.2) is 0 Å². The van der Waals surface area contributed by atoms with Crippen LogP contribution >= 0.6 is 17.2 Å². The molecule has 0 radical (unpaired) electrons. The quantitative estimate of drug-likeness (QED) is 0.293. The van der Waals surface area contributed by atoms with Crippen molar-refractivity contribution in [3.8, 4) is 0 Å². The van der Waals surface area contributed by atoms with E-state index < -0.39 is 21.3 Å². The van der Waals surface area contributed by atoms with Crippen molar-refractivity contribution in [1.29, 1.82) is 0 Å². The third kappa shape index (κ3) is 3.24. The van der Waals surface area contributed by atoms with Crippen LogP contribution in [0, 0.1) is 11.8 Å². The van der Waals surface area contributed by atoms with Crippen molar-refractivity contribution in [2.45, 2.75) is 48.1 Å². The molecule has 2 aromatic rings. The number of rotatable bonds is 5. The van der Waals surface area contributed by atoms with E-state index in [9.17, 15) is 0 Å². The first-order valence-electron chi connectivity index (χ1n) is 11.2. The van der Waals surface area contributed by atoms with E-state index in [1.54, 1.807) is 0 Å². The molecule has 0 saturated carbocycles. The van der Waals surface area contributed by atoms with Gasteiger partial charge in [-0.05, 0) is 0 Å². The molecule has 0 saturated heterocycles. The fourth-order valence-electron chi connectivity index (χ4n) is 5.76. The van der Waals surface area contributed by atoms with Crippen LogP contribution in [0.2, 0.25) is 13.1 Å². The molecular formula is C26H33Cl2HfSi. The van der Waals surface area contributed by atoms with E-state index in [0.29, 0.717) is 11.8 Å². The average molecular weight is 623 g/mol. The van der Waals surface area contributed by atoms with Crippen LogP contribution in [0.15, 0.2) is 59.7 Å². The third-order valence-electron chi connectivity index (χ3n) is 7.46. The topological polar surface area (TPSA) is 0 Å². The molecule has 0 fully saturated rings.